The molecule has 0 aliphatic rings. The van der Waals surface area contributed by atoms with Crippen molar-refractivity contribution in [3.63, 3.8) is 0 Å². The van der Waals surface area contributed by atoms with Crippen molar-refractivity contribution in [2.45, 2.75) is 50.9 Å². The minimum Gasteiger partial charge on any atom is -0.480 e. The number of carboxylic acids is 1. The zero-order valence-electron chi connectivity index (χ0n) is 16.3. The Labute approximate surface area is 167 Å². The molecule has 0 aromatic rings. The van der Waals surface area contributed by atoms with Gasteiger partial charge in [-0.3, -0.25) is 19.2 Å². The maximum absolute atomic E-state index is 12.6. The number of aliphatic hydroxyl groups is 2. The van der Waals surface area contributed by atoms with Gasteiger partial charge in [0.25, 0.3) is 0 Å². The first-order valence-electron chi connectivity index (χ1n) is 8.87. The number of amides is 4. The molecule has 0 rings (SSSR count). The zero-order chi connectivity index (χ0) is 22.7. The highest BCUT2D eigenvalue weighted by Crippen LogP contribution is 2.09. The maximum Gasteiger partial charge on any atom is 0.328 e. The van der Waals surface area contributed by atoms with Gasteiger partial charge in [0, 0.05) is 0 Å². The first kappa shape index (κ1) is 26.2. The fraction of sp³-hybridized carbons (Fsp3) is 0.688. The van der Waals surface area contributed by atoms with Crippen LogP contribution in [0.4, 0.5) is 0 Å². The van der Waals surface area contributed by atoms with Crippen LogP contribution in [0.15, 0.2) is 0 Å². The number of aliphatic hydroxyl groups excluding tert-OH is 2. The summed E-state index contributed by atoms with van der Waals surface area (Å²) in [5.41, 5.74) is 10.5. The summed E-state index contributed by atoms with van der Waals surface area (Å²) in [5.74, 6) is -5.57. The van der Waals surface area contributed by atoms with Gasteiger partial charge in [-0.15, -0.1) is 0 Å². The number of carboxylic acid groups (broad SMARTS) is 1. The van der Waals surface area contributed by atoms with Crippen molar-refractivity contribution in [2.75, 3.05) is 13.2 Å². The highest BCUT2D eigenvalue weighted by atomic mass is 16.4. The van der Waals surface area contributed by atoms with Gasteiger partial charge in [-0.1, -0.05) is 20.3 Å². The molecular formula is C16H29N5O8. The molecule has 0 aliphatic carbocycles. The fourth-order valence-corrected chi connectivity index (χ4v) is 2.17. The fourth-order valence-electron chi connectivity index (χ4n) is 2.17. The average Bonchev–Trinajstić information content (AvgIpc) is 2.66. The normalized spacial score (nSPS) is 15.9. The summed E-state index contributed by atoms with van der Waals surface area (Å²) in [7, 11) is 0. The Morgan fingerprint density at radius 3 is 1.86 bits per heavy atom. The molecule has 166 valence electrons. The van der Waals surface area contributed by atoms with Crippen molar-refractivity contribution in [2.24, 2.45) is 17.4 Å². The van der Waals surface area contributed by atoms with Crippen LogP contribution in [0, 0.1) is 5.92 Å². The number of nitrogens with one attached hydrogen (secondary N) is 3. The summed E-state index contributed by atoms with van der Waals surface area (Å²) < 4.78 is 0. The van der Waals surface area contributed by atoms with Crippen molar-refractivity contribution >= 4 is 29.6 Å². The lowest BCUT2D eigenvalue weighted by atomic mass is 9.97. The highest BCUT2D eigenvalue weighted by Gasteiger charge is 2.32. The van der Waals surface area contributed by atoms with Gasteiger partial charge in [0.15, 0.2) is 0 Å². The number of rotatable bonds is 13. The predicted octanol–water partition coefficient (Wildman–Crippen LogP) is -4.24. The molecule has 0 heterocycles. The second-order valence-electron chi connectivity index (χ2n) is 6.47. The molecule has 0 aromatic carbocycles. The van der Waals surface area contributed by atoms with Gasteiger partial charge in [-0.05, 0) is 5.92 Å². The van der Waals surface area contributed by atoms with Crippen LogP contribution in [-0.4, -0.2) is 82.3 Å². The van der Waals surface area contributed by atoms with Crippen molar-refractivity contribution in [1.82, 2.24) is 16.0 Å². The summed E-state index contributed by atoms with van der Waals surface area (Å²) >= 11 is 0. The topological polar surface area (TPSA) is 234 Å². The smallest absolute Gasteiger partial charge is 0.328 e. The third-order valence-electron chi connectivity index (χ3n) is 4.16. The molecule has 0 radical (unpaired) electrons. The molecule has 0 spiro atoms. The molecule has 0 aliphatic heterocycles. The molecule has 0 fully saturated rings. The maximum atomic E-state index is 12.6. The monoisotopic (exact) mass is 419 g/mol. The van der Waals surface area contributed by atoms with E-state index in [0.717, 1.165) is 0 Å². The first-order chi connectivity index (χ1) is 13.5. The zero-order valence-corrected chi connectivity index (χ0v) is 16.3. The minimum atomic E-state index is -1.65. The van der Waals surface area contributed by atoms with Crippen LogP contribution in [0.2, 0.25) is 0 Å². The standard InChI is InChI=1S/C16H29N5O8/c1-3-7(2)12(21-13(25)8(17)5-22)15(27)19-9(4-11(18)24)14(26)20-10(6-23)16(28)29/h7-10,12,22-23H,3-6,17H2,1-2H3,(H2,18,24)(H,19,27)(H,20,26)(H,21,25)(H,28,29). The number of primary amides is 1. The van der Waals surface area contributed by atoms with Gasteiger partial charge in [0.2, 0.25) is 23.6 Å². The van der Waals surface area contributed by atoms with Crippen molar-refractivity contribution in [1.29, 1.82) is 0 Å². The number of hydrogen-bond donors (Lipinski definition) is 8. The number of aliphatic carboxylic acids is 1. The van der Waals surface area contributed by atoms with E-state index in [1.807, 2.05) is 5.32 Å². The Balaban J connectivity index is 5.46. The predicted molar refractivity (Wildman–Crippen MR) is 98.8 cm³/mol. The van der Waals surface area contributed by atoms with Gasteiger partial charge in [0.05, 0.1) is 19.6 Å². The first-order valence-corrected chi connectivity index (χ1v) is 8.87. The third kappa shape index (κ3) is 8.85. The van der Waals surface area contributed by atoms with Crippen LogP contribution in [0.1, 0.15) is 26.7 Å². The van der Waals surface area contributed by atoms with E-state index >= 15 is 0 Å². The molecule has 4 amide bonds. The van der Waals surface area contributed by atoms with Gasteiger partial charge in [0.1, 0.15) is 24.2 Å². The Kier molecular flexibility index (Phi) is 11.4. The number of carbonyl (C=O) groups excluding carboxylic acids is 4. The number of nitrogens with two attached hydrogens (primary N) is 2. The molecule has 10 N–H and O–H groups in total. The molecule has 0 saturated heterocycles. The van der Waals surface area contributed by atoms with Crippen LogP contribution in [0.3, 0.4) is 0 Å². The molecule has 0 bridgehead atoms. The van der Waals surface area contributed by atoms with Gasteiger partial charge in [-0.2, -0.15) is 0 Å². The molecule has 0 aromatic heterocycles. The van der Waals surface area contributed by atoms with Crippen LogP contribution in [0.5, 0.6) is 0 Å². The van der Waals surface area contributed by atoms with E-state index in [2.05, 4.69) is 10.6 Å². The molecule has 13 nitrogen and oxygen atoms in total. The van der Waals surface area contributed by atoms with Crippen molar-refractivity contribution in [3.05, 3.63) is 0 Å². The van der Waals surface area contributed by atoms with Crippen molar-refractivity contribution < 1.29 is 39.3 Å². The lowest BCUT2D eigenvalue weighted by Gasteiger charge is -2.27. The van der Waals surface area contributed by atoms with Crippen molar-refractivity contribution in [3.8, 4) is 0 Å². The Hall–Kier alpha value is -2.77. The average molecular weight is 419 g/mol. The lowest BCUT2D eigenvalue weighted by molar-refractivity contribution is -0.143. The molecule has 5 unspecified atom stereocenters. The molecule has 29 heavy (non-hydrogen) atoms. The van der Waals surface area contributed by atoms with Gasteiger partial charge in [-0.25, -0.2) is 4.79 Å². The Bertz CT molecular complexity index is 614. The second-order valence-corrected chi connectivity index (χ2v) is 6.47. The number of hydrogen-bond acceptors (Lipinski definition) is 8. The van der Waals surface area contributed by atoms with Crippen LogP contribution < -0.4 is 27.4 Å². The summed E-state index contributed by atoms with van der Waals surface area (Å²) in [5, 5.41) is 33.5. The minimum absolute atomic E-state index is 0.411. The van der Waals surface area contributed by atoms with Crippen LogP contribution >= 0.6 is 0 Å². The molecule has 0 saturated carbocycles. The van der Waals surface area contributed by atoms with E-state index in [1.54, 1.807) is 13.8 Å². The lowest BCUT2D eigenvalue weighted by Crippen LogP contribution is -2.59. The summed E-state index contributed by atoms with van der Waals surface area (Å²) in [4.78, 5) is 59.1. The quantitative estimate of drug-likeness (QED) is 0.144. The van der Waals surface area contributed by atoms with E-state index in [-0.39, 0.29) is 0 Å². The second kappa shape index (κ2) is 12.6. The largest absolute Gasteiger partial charge is 0.480 e. The third-order valence-corrected chi connectivity index (χ3v) is 4.16. The van der Waals surface area contributed by atoms with E-state index in [1.165, 1.54) is 0 Å². The van der Waals surface area contributed by atoms with E-state index < -0.39 is 79.3 Å². The molecular weight excluding hydrogens is 390 g/mol. The van der Waals surface area contributed by atoms with Gasteiger partial charge >= 0.3 is 5.97 Å². The Morgan fingerprint density at radius 1 is 0.897 bits per heavy atom. The van der Waals surface area contributed by atoms with E-state index in [9.17, 15) is 24.0 Å². The SMILES string of the molecule is CCC(C)C(NC(=O)C(N)CO)C(=O)NC(CC(N)=O)C(=O)NC(CO)C(=O)O. The highest BCUT2D eigenvalue weighted by molar-refractivity contribution is 5.96. The van der Waals surface area contributed by atoms with E-state index in [4.69, 9.17) is 26.8 Å². The summed E-state index contributed by atoms with van der Waals surface area (Å²) in [6, 6.07) is -5.60. The van der Waals surface area contributed by atoms with Crippen LogP contribution in [0.25, 0.3) is 0 Å². The molecule has 13 heteroatoms. The summed E-state index contributed by atoms with van der Waals surface area (Å²) in [6.45, 7) is 1.83. The van der Waals surface area contributed by atoms with Gasteiger partial charge < -0.3 is 42.7 Å². The number of carbonyl (C=O) groups is 5. The Morgan fingerprint density at radius 2 is 1.45 bits per heavy atom. The van der Waals surface area contributed by atoms with Crippen LogP contribution in [-0.2, 0) is 24.0 Å². The summed E-state index contributed by atoms with van der Waals surface area (Å²) in [6.07, 6.45) is -0.197. The molecule has 5 atom stereocenters. The van der Waals surface area contributed by atoms with E-state index in [0.29, 0.717) is 6.42 Å².